The topological polar surface area (TPSA) is 74.7 Å². The van der Waals surface area contributed by atoms with Gasteiger partial charge in [-0.05, 0) is 18.8 Å². The molecule has 1 fully saturated rings. The molecule has 0 N–H and O–H groups in total. The van der Waals surface area contributed by atoms with Gasteiger partial charge in [-0.2, -0.15) is 0 Å². The number of hydrogen-bond donors (Lipinski definition) is 0. The molecule has 2 atom stereocenters. The highest BCUT2D eigenvalue weighted by atomic mass is 16.8. The smallest absolute Gasteiger partial charge is 0.249 e. The lowest BCUT2D eigenvalue weighted by atomic mass is 9.94. The van der Waals surface area contributed by atoms with Crippen LogP contribution in [0, 0.1) is 5.21 Å². The van der Waals surface area contributed by atoms with E-state index in [4.69, 9.17) is 9.47 Å². The second-order valence-electron chi connectivity index (χ2n) is 4.99. The fraction of sp³-hybridized carbons (Fsp3) is 0.455. The summed E-state index contributed by atoms with van der Waals surface area (Å²) in [5.41, 5.74) is 1.47. The molecule has 3 heterocycles. The Morgan fingerprint density at radius 3 is 3.06 bits per heavy atom. The van der Waals surface area contributed by atoms with Crippen LogP contribution in [0.1, 0.15) is 25.5 Å². The zero-order chi connectivity index (χ0) is 11.8. The van der Waals surface area contributed by atoms with Crippen molar-refractivity contribution in [1.29, 1.82) is 0 Å². The van der Waals surface area contributed by atoms with Crippen molar-refractivity contribution in [3.8, 4) is 5.75 Å². The summed E-state index contributed by atoms with van der Waals surface area (Å²) >= 11 is 0. The van der Waals surface area contributed by atoms with Gasteiger partial charge in [-0.25, -0.2) is 0 Å². The fourth-order valence-electron chi connectivity index (χ4n) is 2.45. The summed E-state index contributed by atoms with van der Waals surface area (Å²) in [6, 6.07) is 3.45. The van der Waals surface area contributed by atoms with Gasteiger partial charge in [0.05, 0.1) is 0 Å². The second kappa shape index (κ2) is 2.53. The van der Waals surface area contributed by atoms with Crippen LogP contribution in [0.3, 0.4) is 0 Å². The highest BCUT2D eigenvalue weighted by Crippen LogP contribution is 2.54. The standard InChI is InChI=1S/C11H10N2O4/c1-11(2)10-9(15-10)5-3-6-7(4-8(5)16-11)13(14)17-12-6/h3-4,9-10H,1-2H3/t9-,10-/m0/s1. The second-order valence-corrected chi connectivity index (χ2v) is 4.99. The molecule has 2 aliphatic rings. The van der Waals surface area contributed by atoms with Crippen LogP contribution in [0.4, 0.5) is 0 Å². The van der Waals surface area contributed by atoms with Crippen molar-refractivity contribution >= 4 is 11.0 Å². The van der Waals surface area contributed by atoms with Crippen molar-refractivity contribution in [3.63, 3.8) is 0 Å². The quantitative estimate of drug-likeness (QED) is 0.503. The lowest BCUT2D eigenvalue weighted by Crippen LogP contribution is -2.37. The molecule has 0 amide bonds. The molecule has 0 aliphatic carbocycles. The van der Waals surface area contributed by atoms with Gasteiger partial charge in [-0.1, -0.05) is 0 Å². The minimum atomic E-state index is -0.365. The Balaban J connectivity index is 1.97. The van der Waals surface area contributed by atoms with Gasteiger partial charge >= 0.3 is 0 Å². The summed E-state index contributed by atoms with van der Waals surface area (Å²) in [6.45, 7) is 3.95. The van der Waals surface area contributed by atoms with Crippen molar-refractivity contribution in [2.75, 3.05) is 0 Å². The predicted molar refractivity (Wildman–Crippen MR) is 55.3 cm³/mol. The van der Waals surface area contributed by atoms with Crippen LogP contribution in [0.2, 0.25) is 0 Å². The van der Waals surface area contributed by atoms with Crippen molar-refractivity contribution in [2.24, 2.45) is 0 Å². The van der Waals surface area contributed by atoms with Gasteiger partial charge in [0, 0.05) is 22.9 Å². The normalized spacial score (nSPS) is 28.4. The van der Waals surface area contributed by atoms with Crippen LogP contribution in [-0.4, -0.2) is 16.9 Å². The van der Waals surface area contributed by atoms with E-state index in [1.165, 1.54) is 0 Å². The van der Waals surface area contributed by atoms with Gasteiger partial charge < -0.3 is 14.7 Å². The molecular formula is C11H10N2O4. The van der Waals surface area contributed by atoms with Crippen LogP contribution in [0.5, 0.6) is 5.75 Å². The van der Waals surface area contributed by atoms with E-state index in [1.54, 1.807) is 12.1 Å². The maximum Gasteiger partial charge on any atom is 0.249 e. The molecule has 6 heteroatoms. The zero-order valence-electron chi connectivity index (χ0n) is 9.34. The monoisotopic (exact) mass is 234 g/mol. The Morgan fingerprint density at radius 2 is 2.24 bits per heavy atom. The Bertz CT molecular complexity index is 634. The van der Waals surface area contributed by atoms with Gasteiger partial charge in [0.2, 0.25) is 11.0 Å². The summed E-state index contributed by atoms with van der Waals surface area (Å²) in [7, 11) is 0. The first-order valence-electron chi connectivity index (χ1n) is 5.44. The fourth-order valence-corrected chi connectivity index (χ4v) is 2.45. The van der Waals surface area contributed by atoms with Gasteiger partial charge in [-0.3, -0.25) is 4.63 Å². The predicted octanol–water partition coefficient (Wildman–Crippen LogP) is 1.07. The Hall–Kier alpha value is -1.82. The number of rotatable bonds is 0. The molecule has 4 rings (SSSR count). The number of aromatic nitrogens is 2. The van der Waals surface area contributed by atoms with E-state index >= 15 is 0 Å². The lowest BCUT2D eigenvalue weighted by molar-refractivity contribution is -0.782. The molecule has 88 valence electrons. The first-order valence-corrected chi connectivity index (χ1v) is 5.44. The number of epoxide rings is 1. The molecule has 0 bridgehead atoms. The summed E-state index contributed by atoms with van der Waals surface area (Å²) in [4.78, 5) is 0.381. The lowest BCUT2D eigenvalue weighted by Gasteiger charge is -2.29. The zero-order valence-corrected chi connectivity index (χ0v) is 9.34. The van der Waals surface area contributed by atoms with Gasteiger partial charge in [0.1, 0.15) is 23.6 Å². The van der Waals surface area contributed by atoms with E-state index in [0.717, 1.165) is 5.56 Å². The third-order valence-corrected chi connectivity index (χ3v) is 3.37. The first-order chi connectivity index (χ1) is 8.06. The molecule has 2 aromatic rings. The summed E-state index contributed by atoms with van der Waals surface area (Å²) < 4.78 is 16.0. The molecule has 1 aromatic heterocycles. The average molecular weight is 234 g/mol. The SMILES string of the molecule is CC1(C)Oc2cc3c(cc2[C@@H]2O[C@@H]21)no[n+]3[O-]. The molecule has 1 saturated heterocycles. The molecule has 0 radical (unpaired) electrons. The molecular weight excluding hydrogens is 224 g/mol. The van der Waals surface area contributed by atoms with Crippen molar-refractivity contribution in [2.45, 2.75) is 31.7 Å². The number of hydrogen-bond acceptors (Lipinski definition) is 5. The van der Waals surface area contributed by atoms with Crippen LogP contribution in [-0.2, 0) is 4.74 Å². The van der Waals surface area contributed by atoms with Gasteiger partial charge in [-0.15, -0.1) is 0 Å². The van der Waals surface area contributed by atoms with Crippen LogP contribution < -0.4 is 9.64 Å². The largest absolute Gasteiger partial charge is 0.484 e. The maximum absolute atomic E-state index is 11.3. The number of nitrogens with zero attached hydrogens (tertiary/aromatic N) is 2. The van der Waals surface area contributed by atoms with Crippen LogP contribution >= 0.6 is 0 Å². The van der Waals surface area contributed by atoms with E-state index in [9.17, 15) is 5.21 Å². The summed E-state index contributed by atoms with van der Waals surface area (Å²) in [5, 5.41) is 15.0. The van der Waals surface area contributed by atoms with E-state index in [2.05, 4.69) is 9.79 Å². The van der Waals surface area contributed by atoms with Crippen molar-refractivity contribution < 1.29 is 19.0 Å². The minimum absolute atomic E-state index is 0.0509. The molecule has 0 saturated carbocycles. The van der Waals surface area contributed by atoms with Crippen LogP contribution in [0.15, 0.2) is 16.8 Å². The molecule has 17 heavy (non-hydrogen) atoms. The molecule has 1 aromatic carbocycles. The van der Waals surface area contributed by atoms with E-state index in [1.807, 2.05) is 13.8 Å². The summed E-state index contributed by atoms with van der Waals surface area (Å²) in [5.74, 6) is 0.675. The third-order valence-electron chi connectivity index (χ3n) is 3.37. The number of benzene rings is 1. The molecule has 6 nitrogen and oxygen atoms in total. The Labute approximate surface area is 96.2 Å². The average Bonchev–Trinajstić information content (AvgIpc) is 3.00. The van der Waals surface area contributed by atoms with Gasteiger partial charge in [0.25, 0.3) is 0 Å². The molecule has 0 spiro atoms. The highest BCUT2D eigenvalue weighted by Gasteiger charge is 2.57. The van der Waals surface area contributed by atoms with Crippen molar-refractivity contribution in [1.82, 2.24) is 5.16 Å². The first kappa shape index (κ1) is 9.23. The minimum Gasteiger partial charge on any atom is -0.484 e. The number of fused-ring (bicyclic) bond motifs is 4. The summed E-state index contributed by atoms with van der Waals surface area (Å²) in [6.07, 6.45) is 0.133. The third kappa shape index (κ3) is 1.08. The molecule has 0 unspecified atom stereocenters. The Kier molecular flexibility index (Phi) is 1.38. The maximum atomic E-state index is 11.3. The Morgan fingerprint density at radius 1 is 1.41 bits per heavy atom. The van der Waals surface area contributed by atoms with E-state index in [-0.39, 0.29) is 17.8 Å². The number of ether oxygens (including phenoxy) is 2. The van der Waals surface area contributed by atoms with Gasteiger partial charge in [0.15, 0.2) is 0 Å². The molecule has 2 aliphatic heterocycles. The van der Waals surface area contributed by atoms with Crippen molar-refractivity contribution in [3.05, 3.63) is 22.9 Å². The van der Waals surface area contributed by atoms with E-state index in [0.29, 0.717) is 21.7 Å². The highest BCUT2D eigenvalue weighted by molar-refractivity contribution is 5.75. The van der Waals surface area contributed by atoms with Crippen LogP contribution in [0.25, 0.3) is 11.0 Å². The van der Waals surface area contributed by atoms with E-state index < -0.39 is 0 Å².